The normalized spacial score (nSPS) is 37.2. The van der Waals surface area contributed by atoms with Crippen molar-refractivity contribution in [1.82, 2.24) is 10.6 Å². The maximum atomic E-state index is 12.4. The lowest BCUT2D eigenvalue weighted by molar-refractivity contribution is -0.129. The van der Waals surface area contributed by atoms with E-state index in [1.54, 1.807) is 0 Å². The molecule has 1 aliphatic heterocycles. The Labute approximate surface area is 111 Å². The molecule has 104 valence electrons. The number of nitrogens with one attached hydrogen (secondary N) is 2. The molecule has 0 aromatic carbocycles. The lowest BCUT2D eigenvalue weighted by atomic mass is 9.83. The topological polar surface area (TPSA) is 41.1 Å². The summed E-state index contributed by atoms with van der Waals surface area (Å²) in [5, 5.41) is 6.67. The van der Waals surface area contributed by atoms with Gasteiger partial charge in [0.05, 0.1) is 5.54 Å². The van der Waals surface area contributed by atoms with Gasteiger partial charge in [-0.2, -0.15) is 0 Å². The van der Waals surface area contributed by atoms with Crippen LogP contribution in [0.15, 0.2) is 0 Å². The van der Waals surface area contributed by atoms with Gasteiger partial charge in [-0.25, -0.2) is 0 Å². The molecule has 0 bridgehead atoms. The Hall–Kier alpha value is -0.570. The first-order valence-corrected chi connectivity index (χ1v) is 7.70. The first-order valence-electron chi connectivity index (χ1n) is 7.70. The molecule has 3 nitrogen and oxygen atoms in total. The zero-order valence-corrected chi connectivity index (χ0v) is 11.9. The van der Waals surface area contributed by atoms with Gasteiger partial charge in [0.15, 0.2) is 0 Å². The highest BCUT2D eigenvalue weighted by atomic mass is 16.2. The Bertz CT molecular complexity index is 276. The van der Waals surface area contributed by atoms with Gasteiger partial charge in [-0.3, -0.25) is 4.79 Å². The van der Waals surface area contributed by atoms with E-state index < -0.39 is 0 Å². The monoisotopic (exact) mass is 252 g/mol. The van der Waals surface area contributed by atoms with E-state index in [-0.39, 0.29) is 11.4 Å². The summed E-state index contributed by atoms with van der Waals surface area (Å²) >= 11 is 0. The third kappa shape index (κ3) is 3.25. The predicted molar refractivity (Wildman–Crippen MR) is 74.4 cm³/mol. The summed E-state index contributed by atoms with van der Waals surface area (Å²) in [6, 6.07) is 0.417. The van der Waals surface area contributed by atoms with Crippen molar-refractivity contribution in [2.75, 3.05) is 6.54 Å². The fourth-order valence-electron chi connectivity index (χ4n) is 3.31. The van der Waals surface area contributed by atoms with Crippen LogP contribution in [0.5, 0.6) is 0 Å². The van der Waals surface area contributed by atoms with Crippen LogP contribution in [0.2, 0.25) is 0 Å². The van der Waals surface area contributed by atoms with Gasteiger partial charge in [0.25, 0.3) is 0 Å². The number of hydrogen-bond donors (Lipinski definition) is 2. The third-order valence-corrected chi connectivity index (χ3v) is 4.88. The molecule has 2 N–H and O–H groups in total. The van der Waals surface area contributed by atoms with Crippen LogP contribution in [0, 0.1) is 5.92 Å². The predicted octanol–water partition coefficient (Wildman–Crippen LogP) is 2.60. The third-order valence-electron chi connectivity index (χ3n) is 4.88. The van der Waals surface area contributed by atoms with Gasteiger partial charge in [0.1, 0.15) is 0 Å². The number of amides is 1. The molecule has 3 heteroatoms. The van der Waals surface area contributed by atoms with E-state index in [2.05, 4.69) is 24.5 Å². The lowest BCUT2D eigenvalue weighted by Crippen LogP contribution is -2.58. The van der Waals surface area contributed by atoms with Gasteiger partial charge in [0.2, 0.25) is 5.91 Å². The van der Waals surface area contributed by atoms with Gasteiger partial charge >= 0.3 is 0 Å². The van der Waals surface area contributed by atoms with E-state index in [4.69, 9.17) is 0 Å². The van der Waals surface area contributed by atoms with Crippen LogP contribution in [0.1, 0.15) is 65.2 Å². The second-order valence-corrected chi connectivity index (χ2v) is 6.32. The van der Waals surface area contributed by atoms with Crippen LogP contribution in [0.3, 0.4) is 0 Å². The summed E-state index contributed by atoms with van der Waals surface area (Å²) in [6.45, 7) is 5.31. The number of piperidine rings is 1. The molecule has 0 radical (unpaired) electrons. The van der Waals surface area contributed by atoms with Gasteiger partial charge < -0.3 is 10.6 Å². The smallest absolute Gasteiger partial charge is 0.240 e. The quantitative estimate of drug-likeness (QED) is 0.810. The molecule has 1 amide bonds. The Morgan fingerprint density at radius 2 is 2.00 bits per heavy atom. The van der Waals surface area contributed by atoms with Crippen LogP contribution >= 0.6 is 0 Å². The number of carbonyl (C=O) groups excluding carboxylic acids is 1. The maximum absolute atomic E-state index is 12.4. The first kappa shape index (κ1) is 13.9. The van der Waals surface area contributed by atoms with Crippen molar-refractivity contribution in [1.29, 1.82) is 0 Å². The van der Waals surface area contributed by atoms with E-state index in [0.29, 0.717) is 6.04 Å². The average Bonchev–Trinajstić information content (AvgIpc) is 2.40. The van der Waals surface area contributed by atoms with E-state index in [0.717, 1.165) is 18.9 Å². The Morgan fingerprint density at radius 3 is 2.56 bits per heavy atom. The summed E-state index contributed by atoms with van der Waals surface area (Å²) in [5.74, 6) is 1.11. The molecule has 0 aromatic heterocycles. The highest BCUT2D eigenvalue weighted by Gasteiger charge is 2.35. The summed E-state index contributed by atoms with van der Waals surface area (Å²) < 4.78 is 0. The first-order chi connectivity index (χ1) is 8.64. The highest BCUT2D eigenvalue weighted by Crippen LogP contribution is 2.27. The molecule has 1 atom stereocenters. The molecule has 1 heterocycles. The summed E-state index contributed by atoms with van der Waals surface area (Å²) in [7, 11) is 0. The minimum Gasteiger partial charge on any atom is -0.352 e. The zero-order valence-electron chi connectivity index (χ0n) is 11.9. The molecule has 2 fully saturated rings. The molecule has 2 rings (SSSR count). The maximum Gasteiger partial charge on any atom is 0.240 e. The van der Waals surface area contributed by atoms with E-state index >= 15 is 0 Å². The summed E-state index contributed by atoms with van der Waals surface area (Å²) in [4.78, 5) is 12.4. The van der Waals surface area contributed by atoms with Crippen molar-refractivity contribution in [3.8, 4) is 0 Å². The largest absolute Gasteiger partial charge is 0.352 e. The number of rotatable bonds is 3. The van der Waals surface area contributed by atoms with Gasteiger partial charge in [-0.05, 0) is 64.3 Å². The molecule has 1 saturated carbocycles. The van der Waals surface area contributed by atoms with E-state index in [9.17, 15) is 4.79 Å². The zero-order chi connectivity index (χ0) is 13.0. The Kier molecular flexibility index (Phi) is 4.66. The Morgan fingerprint density at radius 1 is 1.28 bits per heavy atom. The van der Waals surface area contributed by atoms with Crippen molar-refractivity contribution in [3.05, 3.63) is 0 Å². The summed E-state index contributed by atoms with van der Waals surface area (Å²) in [5.41, 5.74) is -0.320. The highest BCUT2D eigenvalue weighted by molar-refractivity contribution is 5.86. The van der Waals surface area contributed by atoms with Gasteiger partial charge in [0, 0.05) is 6.04 Å². The minimum absolute atomic E-state index is 0.224. The van der Waals surface area contributed by atoms with Crippen LogP contribution in [-0.2, 0) is 4.79 Å². The van der Waals surface area contributed by atoms with Gasteiger partial charge in [-0.1, -0.05) is 13.3 Å². The molecule has 1 aliphatic carbocycles. The fourth-order valence-corrected chi connectivity index (χ4v) is 3.31. The van der Waals surface area contributed by atoms with Crippen molar-refractivity contribution in [3.63, 3.8) is 0 Å². The second kappa shape index (κ2) is 6.05. The summed E-state index contributed by atoms with van der Waals surface area (Å²) in [6.07, 6.45) is 9.53. The van der Waals surface area contributed by atoms with Crippen LogP contribution < -0.4 is 10.6 Å². The van der Waals surface area contributed by atoms with E-state index in [1.165, 1.54) is 44.9 Å². The van der Waals surface area contributed by atoms with E-state index in [1.807, 2.05) is 0 Å². The minimum atomic E-state index is -0.320. The van der Waals surface area contributed by atoms with Crippen molar-refractivity contribution < 1.29 is 4.79 Å². The molecule has 0 spiro atoms. The molecular formula is C15H28N2O. The molecule has 1 saturated heterocycles. The SMILES string of the molecule is CCC1CCC(NC(=O)C2(C)CCCCN2)CC1. The molecule has 2 aliphatic rings. The molecule has 0 aromatic rings. The molecule has 1 unspecified atom stereocenters. The van der Waals surface area contributed by atoms with Crippen molar-refractivity contribution in [2.24, 2.45) is 5.92 Å². The number of hydrogen-bond acceptors (Lipinski definition) is 2. The van der Waals surface area contributed by atoms with Crippen LogP contribution in [0.4, 0.5) is 0 Å². The van der Waals surface area contributed by atoms with Crippen molar-refractivity contribution >= 4 is 5.91 Å². The lowest BCUT2D eigenvalue weighted by Gasteiger charge is -2.36. The second-order valence-electron chi connectivity index (χ2n) is 6.32. The number of carbonyl (C=O) groups is 1. The Balaban J connectivity index is 1.80. The van der Waals surface area contributed by atoms with Gasteiger partial charge in [-0.15, -0.1) is 0 Å². The van der Waals surface area contributed by atoms with Crippen LogP contribution in [-0.4, -0.2) is 24.0 Å². The molecule has 18 heavy (non-hydrogen) atoms. The van der Waals surface area contributed by atoms with Crippen LogP contribution in [0.25, 0.3) is 0 Å². The van der Waals surface area contributed by atoms with Crippen molar-refractivity contribution in [2.45, 2.75) is 76.8 Å². The standard InChI is InChI=1S/C15H28N2O/c1-3-12-6-8-13(9-7-12)17-14(18)15(2)10-4-5-11-16-15/h12-13,16H,3-11H2,1-2H3,(H,17,18). The fraction of sp³-hybridized carbons (Fsp3) is 0.933. The average molecular weight is 252 g/mol. The molecular weight excluding hydrogens is 224 g/mol.